The van der Waals surface area contributed by atoms with Crippen molar-refractivity contribution >= 4 is 5.97 Å². The Labute approximate surface area is 106 Å². The zero-order valence-corrected chi connectivity index (χ0v) is 10.2. The number of hydrogen-bond donors (Lipinski definition) is 1. The zero-order valence-electron chi connectivity index (χ0n) is 10.2. The van der Waals surface area contributed by atoms with Crippen molar-refractivity contribution in [2.75, 3.05) is 0 Å². The van der Waals surface area contributed by atoms with Crippen molar-refractivity contribution in [2.24, 2.45) is 0 Å². The first-order valence-electron chi connectivity index (χ1n) is 5.89. The topological polar surface area (TPSA) is 50.2 Å². The van der Waals surface area contributed by atoms with Gasteiger partial charge in [-0.1, -0.05) is 37.3 Å². The summed E-state index contributed by atoms with van der Waals surface area (Å²) >= 11 is 0. The van der Waals surface area contributed by atoms with E-state index in [4.69, 9.17) is 5.11 Å². The summed E-state index contributed by atoms with van der Waals surface area (Å²) in [4.78, 5) is 14.8. The lowest BCUT2D eigenvalue weighted by atomic mass is 9.94. The lowest BCUT2D eigenvalue weighted by Gasteiger charge is -2.11. The van der Waals surface area contributed by atoms with Crippen LogP contribution >= 0.6 is 0 Å². The minimum atomic E-state index is -0.769. The summed E-state index contributed by atoms with van der Waals surface area (Å²) in [6, 6.07) is 11.8. The highest BCUT2D eigenvalue weighted by Gasteiger charge is 2.10. The molecule has 0 aliphatic carbocycles. The standard InChI is InChI=1S/C15H15NO2/c1-11(8-15(17)18)12-4-2-5-13(9-12)14-6-3-7-16-10-14/h2-7,9-11H,8H2,1H3,(H,17,18). The molecule has 0 fully saturated rings. The van der Waals surface area contributed by atoms with E-state index in [0.717, 1.165) is 16.7 Å². The van der Waals surface area contributed by atoms with Gasteiger partial charge in [0.25, 0.3) is 0 Å². The minimum Gasteiger partial charge on any atom is -0.481 e. The van der Waals surface area contributed by atoms with Crippen LogP contribution in [0.5, 0.6) is 0 Å². The van der Waals surface area contributed by atoms with Crippen LogP contribution < -0.4 is 0 Å². The van der Waals surface area contributed by atoms with E-state index in [-0.39, 0.29) is 12.3 Å². The fourth-order valence-corrected chi connectivity index (χ4v) is 1.94. The maximum absolute atomic E-state index is 10.7. The maximum atomic E-state index is 10.7. The van der Waals surface area contributed by atoms with Gasteiger partial charge >= 0.3 is 5.97 Å². The quantitative estimate of drug-likeness (QED) is 0.893. The van der Waals surface area contributed by atoms with Crippen molar-refractivity contribution < 1.29 is 9.90 Å². The Bertz CT molecular complexity index is 537. The van der Waals surface area contributed by atoms with Gasteiger partial charge in [-0.3, -0.25) is 9.78 Å². The van der Waals surface area contributed by atoms with Gasteiger partial charge in [-0.25, -0.2) is 0 Å². The third kappa shape index (κ3) is 2.94. The van der Waals surface area contributed by atoms with Crippen LogP contribution in [0.15, 0.2) is 48.8 Å². The maximum Gasteiger partial charge on any atom is 0.303 e. The van der Waals surface area contributed by atoms with Crippen LogP contribution in [0.25, 0.3) is 11.1 Å². The van der Waals surface area contributed by atoms with Gasteiger partial charge in [0.1, 0.15) is 0 Å². The van der Waals surface area contributed by atoms with Crippen molar-refractivity contribution in [3.8, 4) is 11.1 Å². The number of aromatic nitrogens is 1. The van der Waals surface area contributed by atoms with Gasteiger partial charge in [0.15, 0.2) is 0 Å². The van der Waals surface area contributed by atoms with Gasteiger partial charge < -0.3 is 5.11 Å². The molecule has 1 atom stereocenters. The number of hydrogen-bond acceptors (Lipinski definition) is 2. The largest absolute Gasteiger partial charge is 0.481 e. The molecule has 1 N–H and O–H groups in total. The number of pyridine rings is 1. The molecule has 0 spiro atoms. The average Bonchev–Trinajstić information content (AvgIpc) is 2.39. The Morgan fingerprint density at radius 3 is 2.72 bits per heavy atom. The second kappa shape index (κ2) is 5.45. The summed E-state index contributed by atoms with van der Waals surface area (Å²) < 4.78 is 0. The predicted molar refractivity (Wildman–Crippen MR) is 70.3 cm³/mol. The van der Waals surface area contributed by atoms with Gasteiger partial charge in [-0.2, -0.15) is 0 Å². The van der Waals surface area contributed by atoms with Crippen LogP contribution in [-0.2, 0) is 4.79 Å². The second-order valence-corrected chi connectivity index (χ2v) is 4.37. The number of benzene rings is 1. The molecule has 0 aliphatic rings. The van der Waals surface area contributed by atoms with Crippen molar-refractivity contribution in [1.82, 2.24) is 4.98 Å². The number of carboxylic acid groups (broad SMARTS) is 1. The van der Waals surface area contributed by atoms with Crippen molar-refractivity contribution in [2.45, 2.75) is 19.3 Å². The molecule has 92 valence electrons. The molecule has 1 aromatic heterocycles. The molecule has 1 unspecified atom stereocenters. The monoisotopic (exact) mass is 241 g/mol. The molecule has 0 amide bonds. The average molecular weight is 241 g/mol. The van der Waals surface area contributed by atoms with E-state index in [9.17, 15) is 4.79 Å². The Morgan fingerprint density at radius 1 is 1.28 bits per heavy atom. The molecule has 2 aromatic rings. The fraction of sp³-hybridized carbons (Fsp3) is 0.200. The molecule has 3 heteroatoms. The zero-order chi connectivity index (χ0) is 13.0. The van der Waals surface area contributed by atoms with Gasteiger partial charge in [0.05, 0.1) is 6.42 Å². The van der Waals surface area contributed by atoms with Gasteiger partial charge in [-0.15, -0.1) is 0 Å². The molecule has 1 heterocycles. The van der Waals surface area contributed by atoms with Gasteiger partial charge in [0, 0.05) is 12.4 Å². The summed E-state index contributed by atoms with van der Waals surface area (Å²) in [5.74, 6) is -0.756. The summed E-state index contributed by atoms with van der Waals surface area (Å²) in [6.07, 6.45) is 3.69. The third-order valence-electron chi connectivity index (χ3n) is 2.93. The summed E-state index contributed by atoms with van der Waals surface area (Å²) in [6.45, 7) is 1.93. The molecule has 0 bridgehead atoms. The van der Waals surface area contributed by atoms with E-state index >= 15 is 0 Å². The highest BCUT2D eigenvalue weighted by Crippen LogP contribution is 2.25. The van der Waals surface area contributed by atoms with Crippen LogP contribution in [0.3, 0.4) is 0 Å². The van der Waals surface area contributed by atoms with E-state index in [1.54, 1.807) is 12.4 Å². The number of carboxylic acids is 1. The van der Waals surface area contributed by atoms with E-state index in [2.05, 4.69) is 4.98 Å². The molecule has 0 radical (unpaired) electrons. The van der Waals surface area contributed by atoms with Gasteiger partial charge in [-0.05, 0) is 28.7 Å². The van der Waals surface area contributed by atoms with Crippen molar-refractivity contribution in [3.05, 3.63) is 54.4 Å². The first kappa shape index (κ1) is 12.3. The van der Waals surface area contributed by atoms with Crippen LogP contribution in [0.1, 0.15) is 24.8 Å². The predicted octanol–water partition coefficient (Wildman–Crippen LogP) is 3.33. The Kier molecular flexibility index (Phi) is 3.72. The summed E-state index contributed by atoms with van der Waals surface area (Å²) in [7, 11) is 0. The molecular formula is C15H15NO2. The lowest BCUT2D eigenvalue weighted by Crippen LogP contribution is -2.02. The van der Waals surface area contributed by atoms with E-state index < -0.39 is 5.97 Å². The molecule has 0 saturated heterocycles. The smallest absolute Gasteiger partial charge is 0.303 e. The highest BCUT2D eigenvalue weighted by molar-refractivity contribution is 5.68. The van der Waals surface area contributed by atoms with Crippen molar-refractivity contribution in [3.63, 3.8) is 0 Å². The first-order chi connectivity index (χ1) is 8.66. The highest BCUT2D eigenvalue weighted by atomic mass is 16.4. The minimum absolute atomic E-state index is 0.0131. The Balaban J connectivity index is 2.28. The molecule has 2 rings (SSSR count). The third-order valence-corrected chi connectivity index (χ3v) is 2.93. The second-order valence-electron chi connectivity index (χ2n) is 4.37. The van der Waals surface area contributed by atoms with E-state index in [1.165, 1.54) is 0 Å². The van der Waals surface area contributed by atoms with E-state index in [1.807, 2.05) is 43.3 Å². The molecule has 0 aliphatic heterocycles. The normalized spacial score (nSPS) is 12.1. The first-order valence-corrected chi connectivity index (χ1v) is 5.89. The van der Waals surface area contributed by atoms with Crippen LogP contribution in [0, 0.1) is 0 Å². The number of aliphatic carboxylic acids is 1. The molecule has 1 aromatic carbocycles. The van der Waals surface area contributed by atoms with Crippen LogP contribution in [-0.4, -0.2) is 16.1 Å². The Morgan fingerprint density at radius 2 is 2.06 bits per heavy atom. The summed E-state index contributed by atoms with van der Waals surface area (Å²) in [5, 5.41) is 8.82. The lowest BCUT2D eigenvalue weighted by molar-refractivity contribution is -0.137. The molecule has 0 saturated carbocycles. The SMILES string of the molecule is CC(CC(=O)O)c1cccc(-c2cccnc2)c1. The molecular weight excluding hydrogens is 226 g/mol. The number of carbonyl (C=O) groups is 1. The van der Waals surface area contributed by atoms with Crippen LogP contribution in [0.2, 0.25) is 0 Å². The van der Waals surface area contributed by atoms with Crippen LogP contribution in [0.4, 0.5) is 0 Å². The molecule has 3 nitrogen and oxygen atoms in total. The molecule has 18 heavy (non-hydrogen) atoms. The van der Waals surface area contributed by atoms with Crippen molar-refractivity contribution in [1.29, 1.82) is 0 Å². The van der Waals surface area contributed by atoms with Gasteiger partial charge in [0.2, 0.25) is 0 Å². The summed E-state index contributed by atoms with van der Waals surface area (Å²) in [5.41, 5.74) is 3.15. The van der Waals surface area contributed by atoms with E-state index in [0.29, 0.717) is 0 Å². The Hall–Kier alpha value is -2.16. The number of nitrogens with zero attached hydrogens (tertiary/aromatic N) is 1. The fourth-order valence-electron chi connectivity index (χ4n) is 1.94. The number of rotatable bonds is 4.